The molecule has 166 valence electrons. The average Bonchev–Trinajstić information content (AvgIpc) is 3.53. The summed E-state index contributed by atoms with van der Waals surface area (Å²) in [4.78, 5) is 7.07. The summed E-state index contributed by atoms with van der Waals surface area (Å²) < 4.78 is 12.3. The van der Waals surface area contributed by atoms with Crippen molar-refractivity contribution in [2.45, 2.75) is 18.4 Å². The van der Waals surface area contributed by atoms with E-state index >= 15 is 0 Å². The number of fused-ring (bicyclic) bond motifs is 5. The molecule has 1 spiro atoms. The summed E-state index contributed by atoms with van der Waals surface area (Å²) in [7, 11) is 0. The van der Waals surface area contributed by atoms with Crippen molar-refractivity contribution in [1.82, 2.24) is 4.98 Å². The Labute approximate surface area is 198 Å². The van der Waals surface area contributed by atoms with Gasteiger partial charge in [0.05, 0.1) is 11.5 Å². The minimum atomic E-state index is -0.261. The van der Waals surface area contributed by atoms with E-state index in [0.717, 1.165) is 23.4 Å². The van der Waals surface area contributed by atoms with Crippen LogP contribution >= 0.6 is 0 Å². The first-order valence-electron chi connectivity index (χ1n) is 11.7. The van der Waals surface area contributed by atoms with E-state index in [0.29, 0.717) is 12.5 Å². The lowest BCUT2D eigenvalue weighted by molar-refractivity contribution is 0.298. The maximum absolute atomic E-state index is 6.34. The molecule has 0 amide bonds. The zero-order valence-corrected chi connectivity index (χ0v) is 18.9. The highest BCUT2D eigenvalue weighted by Crippen LogP contribution is 2.54. The van der Waals surface area contributed by atoms with E-state index in [4.69, 9.17) is 9.15 Å². The summed E-state index contributed by atoms with van der Waals surface area (Å²) in [5.41, 5.74) is 7.71. The molecule has 0 saturated heterocycles. The molecular formula is C30H24N2O2. The van der Waals surface area contributed by atoms with E-state index in [1.54, 1.807) is 0 Å². The molecule has 5 aromatic rings. The molecule has 4 heteroatoms. The van der Waals surface area contributed by atoms with E-state index in [-0.39, 0.29) is 11.5 Å². The number of oxazole rings is 1. The number of para-hydroxylation sites is 1. The minimum Gasteiger partial charge on any atom is -0.492 e. The summed E-state index contributed by atoms with van der Waals surface area (Å²) >= 11 is 0. The second-order valence-corrected chi connectivity index (χ2v) is 9.29. The van der Waals surface area contributed by atoms with Crippen molar-refractivity contribution in [3.05, 3.63) is 125 Å². The Morgan fingerprint density at radius 2 is 1.50 bits per heavy atom. The first-order valence-corrected chi connectivity index (χ1v) is 11.7. The fourth-order valence-electron chi connectivity index (χ4n) is 5.84. The summed E-state index contributed by atoms with van der Waals surface area (Å²) in [6.07, 6.45) is 0. The molecule has 2 aliphatic rings. The van der Waals surface area contributed by atoms with Crippen molar-refractivity contribution in [2.24, 2.45) is 0 Å². The molecule has 0 fully saturated rings. The Kier molecular flexibility index (Phi) is 4.13. The first kappa shape index (κ1) is 19.4. The maximum Gasteiger partial charge on any atom is 0.192 e. The molecule has 0 bridgehead atoms. The fraction of sp³-hybridized carbons (Fsp3) is 0.167. The average molecular weight is 445 g/mol. The summed E-state index contributed by atoms with van der Waals surface area (Å²) in [5, 5.41) is 0. The molecule has 34 heavy (non-hydrogen) atoms. The highest BCUT2D eigenvalue weighted by Gasteiger charge is 2.51. The molecule has 7 rings (SSSR count). The molecule has 1 aromatic heterocycles. The monoisotopic (exact) mass is 444 g/mol. The number of nitrogens with zero attached hydrogens (tertiary/aromatic N) is 2. The van der Waals surface area contributed by atoms with Gasteiger partial charge in [0.15, 0.2) is 11.5 Å². The van der Waals surface area contributed by atoms with Gasteiger partial charge in [-0.25, -0.2) is 4.98 Å². The largest absolute Gasteiger partial charge is 0.492 e. The number of aryl methyl sites for hydroxylation is 1. The molecule has 1 unspecified atom stereocenters. The quantitative estimate of drug-likeness (QED) is 0.322. The van der Waals surface area contributed by atoms with Crippen LogP contribution in [0.2, 0.25) is 0 Å². The van der Waals surface area contributed by atoms with Crippen molar-refractivity contribution in [3.63, 3.8) is 0 Å². The van der Waals surface area contributed by atoms with Crippen LogP contribution in [0.25, 0.3) is 11.1 Å². The van der Waals surface area contributed by atoms with Crippen molar-refractivity contribution in [2.75, 3.05) is 18.1 Å². The van der Waals surface area contributed by atoms with Gasteiger partial charge in [0.25, 0.3) is 0 Å². The van der Waals surface area contributed by atoms with Crippen LogP contribution in [0.4, 0.5) is 5.69 Å². The Morgan fingerprint density at radius 1 is 0.824 bits per heavy atom. The molecule has 2 aliphatic heterocycles. The smallest absolute Gasteiger partial charge is 0.192 e. The number of aromatic nitrogens is 1. The van der Waals surface area contributed by atoms with Crippen LogP contribution in [0.15, 0.2) is 101 Å². The molecule has 4 aromatic carbocycles. The van der Waals surface area contributed by atoms with Crippen molar-refractivity contribution in [3.8, 4) is 5.75 Å². The van der Waals surface area contributed by atoms with Gasteiger partial charge in [-0.15, -0.1) is 0 Å². The summed E-state index contributed by atoms with van der Waals surface area (Å²) in [6.45, 7) is 3.32. The normalized spacial score (nSPS) is 18.5. The van der Waals surface area contributed by atoms with Gasteiger partial charge in [0.2, 0.25) is 0 Å². The molecular weight excluding hydrogens is 420 g/mol. The Hall–Kier alpha value is -4.05. The number of ether oxygens (including phenoxy) is 1. The molecule has 3 heterocycles. The number of hydrogen-bond donors (Lipinski definition) is 0. The fourth-order valence-corrected chi connectivity index (χ4v) is 5.84. The van der Waals surface area contributed by atoms with Gasteiger partial charge in [0.1, 0.15) is 17.9 Å². The number of anilines is 1. The Balaban J connectivity index is 1.43. The van der Waals surface area contributed by atoms with Gasteiger partial charge in [-0.05, 0) is 28.8 Å². The van der Waals surface area contributed by atoms with Crippen LogP contribution < -0.4 is 9.64 Å². The molecule has 1 atom stereocenters. The topological polar surface area (TPSA) is 38.5 Å². The molecule has 0 N–H and O–H groups in total. The highest BCUT2D eigenvalue weighted by atomic mass is 16.5. The predicted octanol–water partition coefficient (Wildman–Crippen LogP) is 6.42. The number of hydrogen-bond acceptors (Lipinski definition) is 4. The summed E-state index contributed by atoms with van der Waals surface area (Å²) in [6, 6.07) is 34.6. The lowest BCUT2D eigenvalue weighted by Gasteiger charge is -2.33. The van der Waals surface area contributed by atoms with Crippen LogP contribution in [0.1, 0.15) is 34.2 Å². The van der Waals surface area contributed by atoms with Crippen LogP contribution in [-0.2, 0) is 5.41 Å². The Morgan fingerprint density at radius 3 is 2.24 bits per heavy atom. The number of benzene rings is 4. The number of rotatable bonds is 3. The molecule has 0 saturated carbocycles. The third-order valence-electron chi connectivity index (χ3n) is 7.30. The molecule has 0 radical (unpaired) electrons. The van der Waals surface area contributed by atoms with E-state index < -0.39 is 0 Å². The Bertz CT molecular complexity index is 1470. The maximum atomic E-state index is 6.34. The van der Waals surface area contributed by atoms with Gasteiger partial charge in [-0.3, -0.25) is 0 Å². The third kappa shape index (κ3) is 2.75. The van der Waals surface area contributed by atoms with Crippen molar-refractivity contribution >= 4 is 16.8 Å². The van der Waals surface area contributed by atoms with Crippen LogP contribution in [0, 0.1) is 6.92 Å². The molecule has 0 aliphatic carbocycles. The van der Waals surface area contributed by atoms with Crippen molar-refractivity contribution in [1.29, 1.82) is 0 Å². The second-order valence-electron chi connectivity index (χ2n) is 9.29. The zero-order valence-electron chi connectivity index (χ0n) is 18.9. The van der Waals surface area contributed by atoms with E-state index in [1.807, 2.05) is 13.0 Å². The SMILES string of the molecule is Cc1nc2cc3c(cc2o1)C1(CO3)CN(C(c2ccccc2)c2ccccc2)c2ccccc21. The van der Waals surface area contributed by atoms with Crippen LogP contribution in [-0.4, -0.2) is 18.1 Å². The van der Waals surface area contributed by atoms with E-state index in [1.165, 1.54) is 27.9 Å². The lowest BCUT2D eigenvalue weighted by Crippen LogP contribution is -2.38. The summed E-state index contributed by atoms with van der Waals surface area (Å²) in [5.74, 6) is 1.59. The van der Waals surface area contributed by atoms with E-state index in [2.05, 4.69) is 101 Å². The lowest BCUT2D eigenvalue weighted by atomic mass is 9.77. The van der Waals surface area contributed by atoms with Crippen LogP contribution in [0.3, 0.4) is 0 Å². The van der Waals surface area contributed by atoms with Gasteiger partial charge < -0.3 is 14.1 Å². The van der Waals surface area contributed by atoms with Gasteiger partial charge in [0, 0.05) is 30.8 Å². The zero-order chi connectivity index (χ0) is 22.7. The third-order valence-corrected chi connectivity index (χ3v) is 7.30. The highest BCUT2D eigenvalue weighted by molar-refractivity contribution is 5.80. The first-order chi connectivity index (χ1) is 16.7. The van der Waals surface area contributed by atoms with Crippen molar-refractivity contribution < 1.29 is 9.15 Å². The van der Waals surface area contributed by atoms with E-state index in [9.17, 15) is 0 Å². The standard InChI is InChI=1S/C30H24N2O2/c1-20-31-25-17-27-24(16-28(25)34-20)30(19-33-27)18-32(26-15-9-8-14-23(26)30)29(21-10-4-2-5-11-21)22-12-6-3-7-13-22/h2-17,29H,18-19H2,1H3. The predicted molar refractivity (Wildman–Crippen MR) is 134 cm³/mol. The van der Waals surface area contributed by atoms with Gasteiger partial charge in [-0.2, -0.15) is 0 Å². The molecule has 4 nitrogen and oxygen atoms in total. The van der Waals surface area contributed by atoms with Gasteiger partial charge >= 0.3 is 0 Å². The van der Waals surface area contributed by atoms with Gasteiger partial charge in [-0.1, -0.05) is 78.9 Å². The second kappa shape index (κ2) is 7.22. The minimum absolute atomic E-state index is 0.100. The van der Waals surface area contributed by atoms with Crippen LogP contribution in [0.5, 0.6) is 5.75 Å².